The Morgan fingerprint density at radius 2 is 2.29 bits per heavy atom. The maximum Gasteiger partial charge on any atom is 0.257 e. The smallest absolute Gasteiger partial charge is 0.257 e. The summed E-state index contributed by atoms with van der Waals surface area (Å²) in [7, 11) is 0. The van der Waals surface area contributed by atoms with Crippen LogP contribution in [0.4, 0.5) is 0 Å². The van der Waals surface area contributed by atoms with Crippen molar-refractivity contribution in [2.75, 3.05) is 12.3 Å². The molecule has 21 heavy (non-hydrogen) atoms. The highest BCUT2D eigenvalue weighted by Gasteiger charge is 2.31. The molecule has 1 saturated heterocycles. The van der Waals surface area contributed by atoms with Gasteiger partial charge in [-0.3, -0.25) is 14.2 Å². The van der Waals surface area contributed by atoms with E-state index in [-0.39, 0.29) is 17.5 Å². The quantitative estimate of drug-likeness (QED) is 0.784. The van der Waals surface area contributed by atoms with Gasteiger partial charge >= 0.3 is 0 Å². The average Bonchev–Trinajstić information content (AvgIpc) is 2.87. The van der Waals surface area contributed by atoms with Crippen molar-refractivity contribution < 1.29 is 4.79 Å². The first-order chi connectivity index (χ1) is 10.1. The van der Waals surface area contributed by atoms with Crippen molar-refractivity contribution in [3.8, 4) is 0 Å². The number of thioether (sulfide) groups is 1. The number of amides is 1. The summed E-state index contributed by atoms with van der Waals surface area (Å²) in [6, 6.07) is 0.277. The fourth-order valence-corrected chi connectivity index (χ4v) is 4.26. The third-order valence-corrected chi connectivity index (χ3v) is 5.55. The van der Waals surface area contributed by atoms with Crippen LogP contribution < -0.4 is 5.56 Å². The van der Waals surface area contributed by atoms with Crippen LogP contribution >= 0.6 is 11.8 Å². The Labute approximate surface area is 128 Å². The maximum absolute atomic E-state index is 12.6. The van der Waals surface area contributed by atoms with Gasteiger partial charge in [-0.2, -0.15) is 0 Å². The van der Waals surface area contributed by atoms with E-state index in [0.717, 1.165) is 30.3 Å². The zero-order chi connectivity index (χ0) is 15.0. The summed E-state index contributed by atoms with van der Waals surface area (Å²) in [5, 5.41) is 0.745. The van der Waals surface area contributed by atoms with Crippen LogP contribution in [0.15, 0.2) is 16.1 Å². The first-order valence-corrected chi connectivity index (χ1v) is 8.57. The molecule has 0 bridgehead atoms. The van der Waals surface area contributed by atoms with Gasteiger partial charge in [0.25, 0.3) is 5.56 Å². The largest absolute Gasteiger partial charge is 0.340 e. The summed E-state index contributed by atoms with van der Waals surface area (Å²) in [6.07, 6.45) is 5.41. The molecular weight excluding hydrogens is 286 g/mol. The van der Waals surface area contributed by atoms with E-state index in [4.69, 9.17) is 0 Å². The predicted molar refractivity (Wildman–Crippen MR) is 82.6 cm³/mol. The molecule has 0 saturated carbocycles. The highest BCUT2D eigenvalue weighted by molar-refractivity contribution is 7.99. The van der Waals surface area contributed by atoms with Crippen LogP contribution in [-0.4, -0.2) is 38.7 Å². The zero-order valence-corrected chi connectivity index (χ0v) is 13.4. The molecule has 3 rings (SSSR count). The van der Waals surface area contributed by atoms with Crippen LogP contribution in [0.3, 0.4) is 0 Å². The number of nitrogens with zero attached hydrogens (tertiary/aromatic N) is 3. The first kappa shape index (κ1) is 14.6. The molecule has 0 spiro atoms. The van der Waals surface area contributed by atoms with Gasteiger partial charge in [0.2, 0.25) is 5.91 Å². The second-order valence-electron chi connectivity index (χ2n) is 6.00. The summed E-state index contributed by atoms with van der Waals surface area (Å²) in [6.45, 7) is 4.75. The molecule has 3 heterocycles. The van der Waals surface area contributed by atoms with Gasteiger partial charge in [-0.25, -0.2) is 4.98 Å². The molecule has 0 N–H and O–H groups in total. The number of rotatable bonds is 2. The van der Waals surface area contributed by atoms with Crippen LogP contribution in [0, 0.1) is 6.92 Å². The summed E-state index contributed by atoms with van der Waals surface area (Å²) < 4.78 is 1.71. The number of fused-ring (bicyclic) bond motifs is 1. The fourth-order valence-electron chi connectivity index (χ4n) is 3.16. The summed E-state index contributed by atoms with van der Waals surface area (Å²) in [4.78, 5) is 31.1. The van der Waals surface area contributed by atoms with Gasteiger partial charge in [0.15, 0.2) is 5.16 Å². The number of likely N-dealkylation sites (tertiary alicyclic amines) is 1. The minimum Gasteiger partial charge on any atom is -0.340 e. The number of hydrogen-bond donors (Lipinski definition) is 0. The lowest BCUT2D eigenvalue weighted by molar-refractivity contribution is -0.135. The Hall–Kier alpha value is -1.30. The van der Waals surface area contributed by atoms with Crippen LogP contribution in [-0.2, 0) is 4.79 Å². The molecule has 0 radical (unpaired) electrons. The van der Waals surface area contributed by atoms with E-state index < -0.39 is 0 Å². The Morgan fingerprint density at radius 3 is 3.05 bits per heavy atom. The highest BCUT2D eigenvalue weighted by atomic mass is 32.2. The molecule has 114 valence electrons. The lowest BCUT2D eigenvalue weighted by atomic mass is 10.0. The molecule has 5 nitrogen and oxygen atoms in total. The minimum atomic E-state index is -0.0495. The number of carbonyl (C=O) groups excluding carboxylic acids is 1. The molecule has 2 aliphatic heterocycles. The predicted octanol–water partition coefficient (Wildman–Crippen LogP) is 1.99. The van der Waals surface area contributed by atoms with Gasteiger partial charge in [0.05, 0.1) is 6.04 Å². The highest BCUT2D eigenvalue weighted by Crippen LogP contribution is 2.32. The monoisotopic (exact) mass is 307 g/mol. The number of piperidine rings is 1. The van der Waals surface area contributed by atoms with E-state index in [0.29, 0.717) is 18.0 Å². The van der Waals surface area contributed by atoms with E-state index in [1.165, 1.54) is 6.42 Å². The maximum atomic E-state index is 12.6. The van der Waals surface area contributed by atoms with E-state index >= 15 is 0 Å². The molecular formula is C15H21N3O2S. The SMILES string of the molecule is Cc1cnc2n(c1=O)C(CC(=O)N1CCCCC1C)CS2. The van der Waals surface area contributed by atoms with Crippen LogP contribution in [0.25, 0.3) is 0 Å². The lowest BCUT2D eigenvalue weighted by Gasteiger charge is -2.34. The van der Waals surface area contributed by atoms with E-state index in [1.807, 2.05) is 4.90 Å². The van der Waals surface area contributed by atoms with E-state index in [9.17, 15) is 9.59 Å². The van der Waals surface area contributed by atoms with Crippen molar-refractivity contribution in [1.29, 1.82) is 0 Å². The summed E-state index contributed by atoms with van der Waals surface area (Å²) in [5.74, 6) is 0.939. The van der Waals surface area contributed by atoms with Gasteiger partial charge in [0.1, 0.15) is 0 Å². The van der Waals surface area contributed by atoms with Crippen LogP contribution in [0.2, 0.25) is 0 Å². The van der Waals surface area contributed by atoms with Gasteiger partial charge in [-0.1, -0.05) is 11.8 Å². The third-order valence-electron chi connectivity index (χ3n) is 4.43. The van der Waals surface area contributed by atoms with E-state index in [2.05, 4.69) is 11.9 Å². The van der Waals surface area contributed by atoms with Crippen molar-refractivity contribution in [2.24, 2.45) is 0 Å². The normalized spacial score (nSPS) is 25.0. The third kappa shape index (κ3) is 2.73. The van der Waals surface area contributed by atoms with Crippen molar-refractivity contribution in [3.63, 3.8) is 0 Å². The molecule has 1 aromatic rings. The zero-order valence-electron chi connectivity index (χ0n) is 12.5. The van der Waals surface area contributed by atoms with Crippen LogP contribution in [0.1, 0.15) is 44.2 Å². The lowest BCUT2D eigenvalue weighted by Crippen LogP contribution is -2.43. The second kappa shape index (κ2) is 5.83. The van der Waals surface area contributed by atoms with Gasteiger partial charge in [0, 0.05) is 36.5 Å². The van der Waals surface area contributed by atoms with Crippen molar-refractivity contribution in [1.82, 2.24) is 14.5 Å². The topological polar surface area (TPSA) is 55.2 Å². The molecule has 2 atom stereocenters. The molecule has 2 unspecified atom stereocenters. The number of aryl methyl sites for hydroxylation is 1. The molecule has 1 fully saturated rings. The Bertz CT molecular complexity index is 613. The molecule has 1 aromatic heterocycles. The first-order valence-electron chi connectivity index (χ1n) is 7.58. The van der Waals surface area contributed by atoms with Crippen molar-refractivity contribution in [3.05, 3.63) is 22.1 Å². The number of hydrogen-bond acceptors (Lipinski definition) is 4. The fraction of sp³-hybridized carbons (Fsp3) is 0.667. The molecule has 0 aromatic carbocycles. The van der Waals surface area contributed by atoms with Gasteiger partial charge < -0.3 is 4.90 Å². The Morgan fingerprint density at radius 1 is 1.48 bits per heavy atom. The van der Waals surface area contributed by atoms with Gasteiger partial charge in [-0.15, -0.1) is 0 Å². The minimum absolute atomic E-state index is 0.00510. The molecule has 0 aliphatic carbocycles. The van der Waals surface area contributed by atoms with Gasteiger partial charge in [-0.05, 0) is 33.1 Å². The second-order valence-corrected chi connectivity index (χ2v) is 6.99. The number of carbonyl (C=O) groups is 1. The Kier molecular flexibility index (Phi) is 4.06. The molecule has 1 amide bonds. The van der Waals surface area contributed by atoms with Crippen LogP contribution in [0.5, 0.6) is 0 Å². The average molecular weight is 307 g/mol. The number of aromatic nitrogens is 2. The summed E-state index contributed by atoms with van der Waals surface area (Å²) >= 11 is 1.57. The molecule has 2 aliphatic rings. The Balaban J connectivity index is 1.77. The standard InChI is InChI=1S/C15H21N3O2S/c1-10-8-16-15-18(14(10)20)12(9-21-15)7-13(19)17-6-4-3-5-11(17)2/h8,11-12H,3-7,9H2,1-2H3. The van der Waals surface area contributed by atoms with E-state index in [1.54, 1.807) is 29.4 Å². The molecule has 6 heteroatoms. The summed E-state index contributed by atoms with van der Waals surface area (Å²) in [5.41, 5.74) is 0.638. The van der Waals surface area contributed by atoms with Crippen molar-refractivity contribution >= 4 is 17.7 Å². The van der Waals surface area contributed by atoms with Crippen molar-refractivity contribution in [2.45, 2.75) is 56.8 Å².